The molecule has 1 aliphatic heterocycles. The van der Waals surface area contributed by atoms with Gasteiger partial charge in [0.2, 0.25) is 10.0 Å². The standard InChI is InChI=1S/C10H13ClN4O2S/c11-15-18(16,17)7-8-2-1-3-9(6-8)14-10-12-4-5-13-10/h1-3,6,15H,4-5,7H2,(H2,12,13,14). The molecule has 2 rings (SSSR count). The van der Waals surface area contributed by atoms with Crippen molar-refractivity contribution in [2.24, 2.45) is 4.99 Å². The second-order valence-corrected chi connectivity index (χ2v) is 5.95. The number of guanidine groups is 1. The molecule has 0 saturated heterocycles. The van der Waals surface area contributed by atoms with Crippen molar-refractivity contribution >= 4 is 33.4 Å². The number of halogens is 1. The fourth-order valence-corrected chi connectivity index (χ4v) is 2.44. The molecule has 0 atom stereocenters. The van der Waals surface area contributed by atoms with Crippen LogP contribution in [0.5, 0.6) is 0 Å². The predicted octanol–water partition coefficient (Wildman–Crippen LogP) is 0.631. The second-order valence-electron chi connectivity index (χ2n) is 3.82. The van der Waals surface area contributed by atoms with Crippen molar-refractivity contribution < 1.29 is 8.42 Å². The van der Waals surface area contributed by atoms with Crippen LogP contribution in [0.3, 0.4) is 0 Å². The van der Waals surface area contributed by atoms with Gasteiger partial charge in [0.15, 0.2) is 5.96 Å². The summed E-state index contributed by atoms with van der Waals surface area (Å²) in [4.78, 5) is 4.19. The van der Waals surface area contributed by atoms with Crippen molar-refractivity contribution in [1.29, 1.82) is 0 Å². The number of hydrogen-bond donors (Lipinski definition) is 3. The maximum absolute atomic E-state index is 11.3. The van der Waals surface area contributed by atoms with Crippen LogP contribution in [-0.2, 0) is 15.8 Å². The van der Waals surface area contributed by atoms with Crippen LogP contribution >= 0.6 is 11.8 Å². The van der Waals surface area contributed by atoms with Gasteiger partial charge in [0, 0.05) is 12.2 Å². The molecular weight excluding hydrogens is 276 g/mol. The van der Waals surface area contributed by atoms with Crippen molar-refractivity contribution in [3.63, 3.8) is 0 Å². The Kier molecular flexibility index (Phi) is 4.05. The minimum atomic E-state index is -3.47. The summed E-state index contributed by atoms with van der Waals surface area (Å²) in [6.07, 6.45) is 0. The third-order valence-electron chi connectivity index (χ3n) is 2.34. The number of nitrogens with one attached hydrogen (secondary N) is 3. The van der Waals surface area contributed by atoms with Crippen LogP contribution in [0.15, 0.2) is 29.3 Å². The highest BCUT2D eigenvalue weighted by molar-refractivity contribution is 7.89. The summed E-state index contributed by atoms with van der Waals surface area (Å²) >= 11 is 5.14. The molecule has 0 aromatic heterocycles. The number of hydrogen-bond acceptors (Lipinski definition) is 5. The minimum absolute atomic E-state index is 0.161. The topological polar surface area (TPSA) is 82.6 Å². The summed E-state index contributed by atoms with van der Waals surface area (Å²) in [6, 6.07) is 7.08. The van der Waals surface area contributed by atoms with Crippen molar-refractivity contribution in [2.45, 2.75) is 5.75 Å². The fraction of sp³-hybridized carbons (Fsp3) is 0.300. The Labute approximate surface area is 111 Å². The molecule has 0 aliphatic carbocycles. The lowest BCUT2D eigenvalue weighted by Gasteiger charge is -2.08. The summed E-state index contributed by atoms with van der Waals surface area (Å²) in [6.45, 7) is 1.55. The zero-order valence-corrected chi connectivity index (χ0v) is 11.1. The third-order valence-corrected chi connectivity index (χ3v) is 3.99. The van der Waals surface area contributed by atoms with Crippen molar-refractivity contribution in [3.8, 4) is 0 Å². The van der Waals surface area contributed by atoms with Gasteiger partial charge < -0.3 is 10.6 Å². The Morgan fingerprint density at radius 1 is 1.44 bits per heavy atom. The highest BCUT2D eigenvalue weighted by Crippen LogP contribution is 2.13. The van der Waals surface area contributed by atoms with E-state index in [9.17, 15) is 8.42 Å². The first-order valence-corrected chi connectivity index (χ1v) is 7.36. The van der Waals surface area contributed by atoms with Crippen LogP contribution in [0.1, 0.15) is 5.56 Å². The van der Waals surface area contributed by atoms with Gasteiger partial charge in [-0.25, -0.2) is 8.42 Å². The Bertz CT molecular complexity index is 559. The molecular formula is C10H13ClN4O2S. The van der Waals surface area contributed by atoms with Crippen LogP contribution < -0.4 is 14.9 Å². The van der Waals surface area contributed by atoms with E-state index in [0.717, 1.165) is 18.8 Å². The van der Waals surface area contributed by atoms with Crippen molar-refractivity contribution in [2.75, 3.05) is 18.4 Å². The largest absolute Gasteiger partial charge is 0.354 e. The van der Waals surface area contributed by atoms with Crippen LogP contribution in [0.2, 0.25) is 0 Å². The molecule has 98 valence electrons. The zero-order valence-electron chi connectivity index (χ0n) is 9.48. The summed E-state index contributed by atoms with van der Waals surface area (Å²) in [5.74, 6) is 0.539. The Morgan fingerprint density at radius 3 is 2.94 bits per heavy atom. The van der Waals surface area contributed by atoms with E-state index >= 15 is 0 Å². The van der Waals surface area contributed by atoms with E-state index in [1.165, 1.54) is 0 Å². The smallest absolute Gasteiger partial charge is 0.229 e. The third kappa shape index (κ3) is 3.59. The highest BCUT2D eigenvalue weighted by Gasteiger charge is 2.10. The number of sulfonamides is 1. The van der Waals surface area contributed by atoms with Gasteiger partial charge in [-0.1, -0.05) is 12.1 Å². The number of anilines is 1. The van der Waals surface area contributed by atoms with Crippen LogP contribution in [-0.4, -0.2) is 27.5 Å². The van der Waals surface area contributed by atoms with Crippen LogP contribution in [0.4, 0.5) is 5.69 Å². The molecule has 1 aromatic rings. The van der Waals surface area contributed by atoms with E-state index in [0.29, 0.717) is 11.5 Å². The number of rotatable bonds is 4. The molecule has 0 unspecified atom stereocenters. The van der Waals surface area contributed by atoms with E-state index in [1.807, 2.05) is 6.07 Å². The average Bonchev–Trinajstić information content (AvgIpc) is 2.82. The van der Waals surface area contributed by atoms with Gasteiger partial charge in [0.05, 0.1) is 12.3 Å². The molecule has 0 radical (unpaired) electrons. The summed E-state index contributed by atoms with van der Waals surface area (Å²) in [7, 11) is -3.47. The monoisotopic (exact) mass is 288 g/mol. The molecule has 1 heterocycles. The van der Waals surface area contributed by atoms with Crippen molar-refractivity contribution in [1.82, 2.24) is 9.56 Å². The molecule has 0 amide bonds. The van der Waals surface area contributed by atoms with E-state index in [-0.39, 0.29) is 5.75 Å². The molecule has 0 spiro atoms. The Balaban J connectivity index is 2.10. The summed E-state index contributed by atoms with van der Waals surface area (Å²) in [5.41, 5.74) is 1.43. The lowest BCUT2D eigenvalue weighted by atomic mass is 10.2. The van der Waals surface area contributed by atoms with Gasteiger partial charge in [0.25, 0.3) is 0 Å². The molecule has 0 saturated carbocycles. The van der Waals surface area contributed by atoms with Gasteiger partial charge in [-0.2, -0.15) is 0 Å². The maximum atomic E-state index is 11.3. The van der Waals surface area contributed by atoms with Crippen molar-refractivity contribution in [3.05, 3.63) is 29.8 Å². The molecule has 18 heavy (non-hydrogen) atoms. The quantitative estimate of drug-likeness (QED) is 0.710. The normalized spacial score (nSPS) is 15.1. The Morgan fingerprint density at radius 2 is 2.28 bits per heavy atom. The van der Waals surface area contributed by atoms with Gasteiger partial charge in [-0.15, -0.1) is 4.24 Å². The predicted molar refractivity (Wildman–Crippen MR) is 72.0 cm³/mol. The first kappa shape index (κ1) is 13.1. The molecule has 8 heteroatoms. The van der Waals surface area contributed by atoms with E-state index in [2.05, 4.69) is 15.6 Å². The molecule has 0 fully saturated rings. The minimum Gasteiger partial charge on any atom is -0.354 e. The number of nitrogens with zero attached hydrogens (tertiary/aromatic N) is 1. The zero-order chi connectivity index (χ0) is 13.0. The highest BCUT2D eigenvalue weighted by atomic mass is 35.5. The molecule has 3 N–H and O–H groups in total. The van der Waals surface area contributed by atoms with Gasteiger partial charge >= 0.3 is 0 Å². The lowest BCUT2D eigenvalue weighted by Crippen LogP contribution is -2.26. The summed E-state index contributed by atoms with van der Waals surface area (Å²) < 4.78 is 24.4. The van der Waals surface area contributed by atoms with Gasteiger partial charge in [0.1, 0.15) is 0 Å². The molecule has 6 nitrogen and oxygen atoms in total. The van der Waals surface area contributed by atoms with E-state index in [4.69, 9.17) is 11.8 Å². The molecule has 0 bridgehead atoms. The molecule has 1 aliphatic rings. The molecule has 1 aromatic carbocycles. The van der Waals surface area contributed by atoms with E-state index in [1.54, 1.807) is 22.4 Å². The SMILES string of the molecule is O=S(=O)(Cc1cccc(NC2=NCCN2)c1)NCl. The lowest BCUT2D eigenvalue weighted by molar-refractivity contribution is 0.593. The average molecular weight is 289 g/mol. The first-order valence-electron chi connectivity index (χ1n) is 5.33. The maximum Gasteiger partial charge on any atom is 0.229 e. The number of benzene rings is 1. The fourth-order valence-electron chi connectivity index (χ4n) is 1.60. The van der Waals surface area contributed by atoms with Gasteiger partial charge in [-0.05, 0) is 29.5 Å². The van der Waals surface area contributed by atoms with E-state index < -0.39 is 10.0 Å². The van der Waals surface area contributed by atoms with Gasteiger partial charge in [-0.3, -0.25) is 4.99 Å². The summed E-state index contributed by atoms with van der Waals surface area (Å²) in [5, 5.41) is 6.15. The second kappa shape index (κ2) is 5.55. The Hall–Kier alpha value is -1.31. The first-order chi connectivity index (χ1) is 8.59. The van der Waals surface area contributed by atoms with Crippen LogP contribution in [0.25, 0.3) is 0 Å². The number of aliphatic imine (C=N–C) groups is 1. The van der Waals surface area contributed by atoms with Crippen LogP contribution in [0, 0.1) is 0 Å².